The Bertz CT molecular complexity index is 199. The smallest absolute Gasteiger partial charge is 0.0524 e. The van der Waals surface area contributed by atoms with Crippen molar-refractivity contribution in [2.45, 2.75) is 40.5 Å². The lowest BCUT2D eigenvalue weighted by Crippen LogP contribution is -2.51. The summed E-state index contributed by atoms with van der Waals surface area (Å²) in [6.45, 7) is 12.6. The number of hydrogen-bond acceptors (Lipinski definition) is 2. The monoisotopic (exact) mass is 227 g/mol. The lowest BCUT2D eigenvalue weighted by atomic mass is 9.62. The van der Waals surface area contributed by atoms with Crippen LogP contribution in [0.5, 0.6) is 0 Å². The number of rotatable bonds is 5. The van der Waals surface area contributed by atoms with Crippen molar-refractivity contribution in [3.8, 4) is 0 Å². The normalized spacial score (nSPS) is 31.3. The van der Waals surface area contributed by atoms with E-state index in [0.717, 1.165) is 25.0 Å². The first-order valence-electron chi connectivity index (χ1n) is 6.72. The Morgan fingerprint density at radius 2 is 2.00 bits per heavy atom. The molecule has 0 aromatic rings. The lowest BCUT2D eigenvalue weighted by Gasteiger charge is -2.48. The molecule has 0 amide bonds. The Morgan fingerprint density at radius 1 is 1.31 bits per heavy atom. The van der Waals surface area contributed by atoms with Crippen LogP contribution >= 0.6 is 0 Å². The van der Waals surface area contributed by atoms with E-state index in [1.54, 1.807) is 0 Å². The average molecular weight is 227 g/mol. The molecule has 2 heteroatoms. The number of methoxy groups -OCH3 is 1. The number of ether oxygens (including phenoxy) is 1. The highest BCUT2D eigenvalue weighted by molar-refractivity contribution is 4.94. The van der Waals surface area contributed by atoms with Gasteiger partial charge in [0.25, 0.3) is 0 Å². The molecule has 1 aliphatic heterocycles. The van der Waals surface area contributed by atoms with Crippen LogP contribution in [0.1, 0.15) is 40.5 Å². The molecule has 1 saturated heterocycles. The van der Waals surface area contributed by atoms with Crippen LogP contribution in [0.2, 0.25) is 0 Å². The molecule has 1 rings (SSSR count). The van der Waals surface area contributed by atoms with Gasteiger partial charge in [0.15, 0.2) is 0 Å². The number of hydrogen-bond donors (Lipinski definition) is 1. The first-order chi connectivity index (χ1) is 7.53. The average Bonchev–Trinajstić information content (AvgIpc) is 2.20. The second kappa shape index (κ2) is 6.02. The summed E-state index contributed by atoms with van der Waals surface area (Å²) in [5, 5.41) is 3.55. The molecule has 0 saturated carbocycles. The Balaban J connectivity index is 2.81. The molecule has 0 bridgehead atoms. The van der Waals surface area contributed by atoms with Crippen LogP contribution in [0.3, 0.4) is 0 Å². The molecule has 2 nitrogen and oxygen atoms in total. The summed E-state index contributed by atoms with van der Waals surface area (Å²) in [6.07, 6.45) is 2.57. The van der Waals surface area contributed by atoms with Gasteiger partial charge in [-0.2, -0.15) is 0 Å². The van der Waals surface area contributed by atoms with E-state index in [1.165, 1.54) is 19.4 Å². The highest BCUT2D eigenvalue weighted by Crippen LogP contribution is 2.44. The van der Waals surface area contributed by atoms with E-state index >= 15 is 0 Å². The van der Waals surface area contributed by atoms with Crippen LogP contribution in [-0.4, -0.2) is 26.8 Å². The molecule has 1 heterocycles. The van der Waals surface area contributed by atoms with Crippen molar-refractivity contribution < 1.29 is 4.74 Å². The fourth-order valence-corrected chi connectivity index (χ4v) is 3.28. The van der Waals surface area contributed by atoms with Crippen LogP contribution in [0.4, 0.5) is 0 Å². The van der Waals surface area contributed by atoms with Gasteiger partial charge in [0.2, 0.25) is 0 Å². The summed E-state index contributed by atoms with van der Waals surface area (Å²) in [7, 11) is 1.85. The van der Waals surface area contributed by atoms with E-state index in [4.69, 9.17) is 4.74 Å². The fraction of sp³-hybridized carbons (Fsp3) is 1.00. The van der Waals surface area contributed by atoms with E-state index < -0.39 is 0 Å². The van der Waals surface area contributed by atoms with Crippen molar-refractivity contribution in [1.29, 1.82) is 0 Å². The molecule has 0 spiro atoms. The van der Waals surface area contributed by atoms with Gasteiger partial charge < -0.3 is 10.1 Å². The predicted octanol–water partition coefficient (Wildman–Crippen LogP) is 2.93. The highest BCUT2D eigenvalue weighted by Gasteiger charge is 2.43. The third-order valence-corrected chi connectivity index (χ3v) is 4.29. The van der Waals surface area contributed by atoms with Crippen molar-refractivity contribution in [3.63, 3.8) is 0 Å². The Morgan fingerprint density at radius 3 is 2.50 bits per heavy atom. The summed E-state index contributed by atoms with van der Waals surface area (Å²) in [5.74, 6) is 2.25. The van der Waals surface area contributed by atoms with Crippen molar-refractivity contribution in [1.82, 2.24) is 5.32 Å². The Kier molecular flexibility index (Phi) is 5.26. The van der Waals surface area contributed by atoms with Crippen molar-refractivity contribution >= 4 is 0 Å². The second-order valence-electron chi connectivity index (χ2n) is 6.10. The van der Waals surface area contributed by atoms with Crippen LogP contribution in [0.15, 0.2) is 0 Å². The quantitative estimate of drug-likeness (QED) is 0.780. The molecule has 0 aromatic carbocycles. The van der Waals surface area contributed by atoms with Crippen LogP contribution in [0, 0.1) is 23.2 Å². The topological polar surface area (TPSA) is 21.3 Å². The molecule has 16 heavy (non-hydrogen) atoms. The van der Waals surface area contributed by atoms with E-state index in [1.807, 2.05) is 7.11 Å². The molecule has 1 N–H and O–H groups in total. The molecule has 2 atom stereocenters. The minimum Gasteiger partial charge on any atom is -0.384 e. The number of nitrogens with one attached hydrogen (secondary N) is 1. The van der Waals surface area contributed by atoms with E-state index in [9.17, 15) is 0 Å². The van der Waals surface area contributed by atoms with Gasteiger partial charge in [0.1, 0.15) is 0 Å². The summed E-state index contributed by atoms with van der Waals surface area (Å²) in [4.78, 5) is 0. The predicted molar refractivity (Wildman–Crippen MR) is 69.6 cm³/mol. The zero-order valence-electron chi connectivity index (χ0n) is 11.7. The maximum atomic E-state index is 5.53. The van der Waals surface area contributed by atoms with E-state index in [0.29, 0.717) is 11.3 Å². The largest absolute Gasteiger partial charge is 0.384 e. The molecule has 0 aliphatic carbocycles. The summed E-state index contributed by atoms with van der Waals surface area (Å²) in [5.41, 5.74) is 0.393. The lowest BCUT2D eigenvalue weighted by molar-refractivity contribution is -0.0346. The maximum Gasteiger partial charge on any atom is 0.0524 e. The van der Waals surface area contributed by atoms with Gasteiger partial charge >= 0.3 is 0 Å². The summed E-state index contributed by atoms with van der Waals surface area (Å²) < 4.78 is 5.53. The van der Waals surface area contributed by atoms with Crippen molar-refractivity contribution in [3.05, 3.63) is 0 Å². The first-order valence-corrected chi connectivity index (χ1v) is 6.72. The van der Waals surface area contributed by atoms with E-state index in [2.05, 4.69) is 33.0 Å². The molecular formula is C14H29NO. The zero-order chi connectivity index (χ0) is 12.2. The van der Waals surface area contributed by atoms with Gasteiger partial charge in [-0.15, -0.1) is 0 Å². The molecule has 0 radical (unpaired) electrons. The van der Waals surface area contributed by atoms with E-state index in [-0.39, 0.29) is 0 Å². The van der Waals surface area contributed by atoms with Crippen LogP contribution in [0.25, 0.3) is 0 Å². The summed E-state index contributed by atoms with van der Waals surface area (Å²) >= 11 is 0. The van der Waals surface area contributed by atoms with Gasteiger partial charge in [0, 0.05) is 12.5 Å². The third kappa shape index (κ3) is 2.98. The minimum absolute atomic E-state index is 0.393. The molecule has 2 unspecified atom stereocenters. The Labute approximate surface area is 101 Å². The van der Waals surface area contributed by atoms with Gasteiger partial charge in [-0.05, 0) is 43.7 Å². The molecule has 1 fully saturated rings. The van der Waals surface area contributed by atoms with Crippen molar-refractivity contribution in [2.75, 3.05) is 26.8 Å². The third-order valence-electron chi connectivity index (χ3n) is 4.29. The van der Waals surface area contributed by atoms with Crippen LogP contribution < -0.4 is 5.32 Å². The van der Waals surface area contributed by atoms with Gasteiger partial charge in [-0.3, -0.25) is 0 Å². The molecule has 1 aliphatic rings. The summed E-state index contributed by atoms with van der Waals surface area (Å²) in [6, 6.07) is 0. The molecular weight excluding hydrogens is 198 g/mol. The van der Waals surface area contributed by atoms with Gasteiger partial charge in [-0.1, -0.05) is 27.7 Å². The zero-order valence-corrected chi connectivity index (χ0v) is 11.7. The van der Waals surface area contributed by atoms with Gasteiger partial charge in [-0.25, -0.2) is 0 Å². The fourth-order valence-electron chi connectivity index (χ4n) is 3.28. The minimum atomic E-state index is 0.393. The van der Waals surface area contributed by atoms with Gasteiger partial charge in [0.05, 0.1) is 6.61 Å². The SMILES string of the molecule is COCC1(C(C)C)CCNCC1CC(C)C. The first kappa shape index (κ1) is 14.0. The standard InChI is InChI=1S/C14H29NO/c1-11(2)8-13-9-15-7-6-14(13,10-16-5)12(3)4/h11-13,15H,6-10H2,1-5H3. The highest BCUT2D eigenvalue weighted by atomic mass is 16.5. The Hall–Kier alpha value is -0.0800. The molecule has 0 aromatic heterocycles. The van der Waals surface area contributed by atoms with Crippen molar-refractivity contribution in [2.24, 2.45) is 23.2 Å². The maximum absolute atomic E-state index is 5.53. The second-order valence-corrected chi connectivity index (χ2v) is 6.10. The van der Waals surface area contributed by atoms with Crippen LogP contribution in [-0.2, 0) is 4.74 Å². The number of piperidine rings is 1. The molecule has 96 valence electrons.